The lowest BCUT2D eigenvalue weighted by Crippen LogP contribution is -2.55. The summed E-state index contributed by atoms with van der Waals surface area (Å²) >= 11 is 2.20. The highest BCUT2D eigenvalue weighted by Gasteiger charge is 2.43. The fraction of sp³-hybridized carbons (Fsp3) is 0.379. The fourth-order valence-electron chi connectivity index (χ4n) is 6.00. The molecule has 0 saturated heterocycles. The molecule has 2 amide bonds. The fourth-order valence-corrected chi connectivity index (χ4v) is 6.45. The first-order valence-electron chi connectivity index (χ1n) is 12.7. The van der Waals surface area contributed by atoms with Gasteiger partial charge in [-0.2, -0.15) is 13.2 Å². The van der Waals surface area contributed by atoms with Gasteiger partial charge in [-0.3, -0.25) is 4.98 Å². The molecular weight excluding hydrogens is 609 g/mol. The molecule has 200 valence electrons. The number of pyridine rings is 1. The highest BCUT2D eigenvalue weighted by molar-refractivity contribution is 14.1. The Kier molecular flexibility index (Phi) is 7.66. The third kappa shape index (κ3) is 5.67. The topological polar surface area (TPSA) is 54.0 Å². The number of alkyl halides is 4. The van der Waals surface area contributed by atoms with Gasteiger partial charge in [-0.05, 0) is 72.1 Å². The number of carbonyl (C=O) groups excluding carboxylic acids is 1. The first kappa shape index (κ1) is 26.9. The number of fused-ring (bicyclic) bond motifs is 2. The molecule has 9 heteroatoms. The molecule has 2 fully saturated rings. The third-order valence-electron chi connectivity index (χ3n) is 7.83. The maximum atomic E-state index is 14.8. The Hall–Kier alpha value is -2.69. The van der Waals surface area contributed by atoms with Gasteiger partial charge in [0.05, 0.1) is 11.3 Å². The number of halogens is 5. The van der Waals surface area contributed by atoms with Crippen molar-refractivity contribution in [2.45, 2.75) is 54.3 Å². The molecule has 3 aromatic rings. The Morgan fingerprint density at radius 1 is 0.974 bits per heavy atom. The zero-order chi connectivity index (χ0) is 26.9. The van der Waals surface area contributed by atoms with Crippen molar-refractivity contribution >= 4 is 28.6 Å². The van der Waals surface area contributed by atoms with Gasteiger partial charge in [-0.25, -0.2) is 9.18 Å². The van der Waals surface area contributed by atoms with Crippen LogP contribution in [0, 0.1) is 17.7 Å². The maximum absolute atomic E-state index is 14.8. The number of rotatable bonds is 7. The van der Waals surface area contributed by atoms with E-state index >= 15 is 0 Å². The van der Waals surface area contributed by atoms with Crippen LogP contribution in [0.15, 0.2) is 66.9 Å². The summed E-state index contributed by atoms with van der Waals surface area (Å²) in [4.78, 5) is 18.1. The molecule has 0 spiro atoms. The summed E-state index contributed by atoms with van der Waals surface area (Å²) in [5.41, 5.74) is -0.697. The van der Waals surface area contributed by atoms with E-state index in [0.717, 1.165) is 42.5 Å². The first-order chi connectivity index (χ1) is 18.2. The van der Waals surface area contributed by atoms with Crippen molar-refractivity contribution in [3.05, 3.63) is 101 Å². The lowest BCUT2D eigenvalue weighted by atomic mass is 9.79. The molecule has 4 nitrogen and oxygen atoms in total. The van der Waals surface area contributed by atoms with Gasteiger partial charge in [-0.1, -0.05) is 65.4 Å². The summed E-state index contributed by atoms with van der Waals surface area (Å²) in [6.07, 6.45) is 1.15. The lowest BCUT2D eigenvalue weighted by Gasteiger charge is -2.37. The number of urea groups is 1. The van der Waals surface area contributed by atoms with Crippen LogP contribution in [-0.4, -0.2) is 17.1 Å². The molecular formula is C29H28F4IN3O. The molecule has 0 aliphatic heterocycles. The number of carbonyl (C=O) groups is 1. The minimum absolute atomic E-state index is 0.00998. The van der Waals surface area contributed by atoms with Crippen molar-refractivity contribution in [1.82, 2.24) is 15.6 Å². The molecule has 1 heterocycles. The van der Waals surface area contributed by atoms with Gasteiger partial charge in [0.15, 0.2) is 0 Å². The van der Waals surface area contributed by atoms with E-state index in [4.69, 9.17) is 0 Å². The number of hydrogen-bond donors (Lipinski definition) is 2. The zero-order valence-electron chi connectivity index (χ0n) is 20.6. The Morgan fingerprint density at radius 3 is 2.34 bits per heavy atom. The van der Waals surface area contributed by atoms with Gasteiger partial charge in [0.2, 0.25) is 0 Å². The molecule has 2 aliphatic rings. The Bertz CT molecular complexity index is 1290. The molecule has 2 aromatic carbocycles. The van der Waals surface area contributed by atoms with Crippen molar-refractivity contribution < 1.29 is 22.4 Å². The molecule has 2 aliphatic carbocycles. The molecule has 1 aromatic heterocycles. The second-order valence-electron chi connectivity index (χ2n) is 10.4. The zero-order valence-corrected chi connectivity index (χ0v) is 22.7. The number of benzene rings is 2. The third-order valence-corrected chi connectivity index (χ3v) is 8.71. The normalized spacial score (nSPS) is 22.2. The number of amides is 2. The van der Waals surface area contributed by atoms with Crippen LogP contribution in [0.4, 0.5) is 22.4 Å². The lowest BCUT2D eigenvalue weighted by molar-refractivity contribution is -0.137. The van der Waals surface area contributed by atoms with E-state index < -0.39 is 29.1 Å². The molecule has 5 rings (SSSR count). The van der Waals surface area contributed by atoms with Gasteiger partial charge >= 0.3 is 12.2 Å². The number of nitrogens with one attached hydrogen (secondary N) is 2. The molecule has 38 heavy (non-hydrogen) atoms. The van der Waals surface area contributed by atoms with E-state index in [0.29, 0.717) is 28.0 Å². The number of nitrogens with zero attached hydrogens (tertiary/aromatic N) is 1. The van der Waals surface area contributed by atoms with E-state index in [1.807, 2.05) is 36.4 Å². The average molecular weight is 637 g/mol. The van der Waals surface area contributed by atoms with Gasteiger partial charge in [-0.15, -0.1) is 0 Å². The van der Waals surface area contributed by atoms with Crippen molar-refractivity contribution in [3.63, 3.8) is 0 Å². The van der Waals surface area contributed by atoms with Crippen LogP contribution in [0.1, 0.15) is 53.6 Å². The summed E-state index contributed by atoms with van der Waals surface area (Å²) in [6, 6.07) is 14.6. The smallest absolute Gasteiger partial charge is 0.335 e. The standard InChI is InChI=1S/C29H28F4IN3O/c30-24-13-22(12-23(14-24)29(31,32)33)28(15-18-4-2-1-3-5-18,26-9-7-20(16-34)17-35-26)37-27(38)36-25-11-19-6-8-21(25)10-19/h1-5,7,9,12-14,17,19,21,25H,6,8,10-11,15-16H2,(H2,36,37,38)/t19-,21+,25-,28-/m1/s1. The molecule has 0 radical (unpaired) electrons. The second kappa shape index (κ2) is 10.8. The van der Waals surface area contributed by atoms with E-state index in [-0.39, 0.29) is 18.0 Å². The average Bonchev–Trinajstić information content (AvgIpc) is 3.51. The maximum Gasteiger partial charge on any atom is 0.416 e. The first-order valence-corrected chi connectivity index (χ1v) is 14.2. The molecule has 2 saturated carbocycles. The van der Waals surface area contributed by atoms with Crippen molar-refractivity contribution in [1.29, 1.82) is 0 Å². The summed E-state index contributed by atoms with van der Waals surface area (Å²) in [5, 5.41) is 6.07. The molecule has 4 atom stereocenters. The van der Waals surface area contributed by atoms with Crippen molar-refractivity contribution in [2.24, 2.45) is 11.8 Å². The second-order valence-corrected chi connectivity index (χ2v) is 11.1. The van der Waals surface area contributed by atoms with E-state index in [1.165, 1.54) is 6.42 Å². The van der Waals surface area contributed by atoms with Crippen LogP contribution < -0.4 is 10.6 Å². The molecule has 2 bridgehead atoms. The van der Waals surface area contributed by atoms with Gasteiger partial charge in [0.1, 0.15) is 11.4 Å². The van der Waals surface area contributed by atoms with Crippen LogP contribution in [-0.2, 0) is 22.6 Å². The molecule has 0 unspecified atom stereocenters. The summed E-state index contributed by atoms with van der Waals surface area (Å²) in [6.45, 7) is 0. The van der Waals surface area contributed by atoms with Crippen molar-refractivity contribution in [2.75, 3.05) is 0 Å². The Morgan fingerprint density at radius 2 is 1.74 bits per heavy atom. The van der Waals surface area contributed by atoms with E-state index in [1.54, 1.807) is 12.3 Å². The number of aromatic nitrogens is 1. The van der Waals surface area contributed by atoms with Gasteiger partial charge in [0, 0.05) is 23.1 Å². The Labute approximate surface area is 232 Å². The summed E-state index contributed by atoms with van der Waals surface area (Å²) < 4.78 is 56.9. The highest BCUT2D eigenvalue weighted by Crippen LogP contribution is 2.44. The van der Waals surface area contributed by atoms with Crippen LogP contribution in [0.2, 0.25) is 0 Å². The minimum Gasteiger partial charge on any atom is -0.335 e. The van der Waals surface area contributed by atoms with E-state index in [9.17, 15) is 22.4 Å². The van der Waals surface area contributed by atoms with Crippen LogP contribution in [0.5, 0.6) is 0 Å². The van der Waals surface area contributed by atoms with Crippen molar-refractivity contribution in [3.8, 4) is 0 Å². The summed E-state index contributed by atoms with van der Waals surface area (Å²) in [7, 11) is 0. The number of hydrogen-bond acceptors (Lipinski definition) is 2. The predicted octanol–water partition coefficient (Wildman–Crippen LogP) is 7.15. The minimum atomic E-state index is -4.76. The van der Waals surface area contributed by atoms with Crippen LogP contribution >= 0.6 is 22.6 Å². The largest absolute Gasteiger partial charge is 0.416 e. The van der Waals surface area contributed by atoms with Crippen LogP contribution in [0.25, 0.3) is 0 Å². The SMILES string of the molecule is O=C(N[C@@H]1C[C@@H]2CC[C@H]1C2)N[C@](Cc1ccccc1)(c1cc(F)cc(C(F)(F)F)c1)c1ccc(CI)cn1. The quantitative estimate of drug-likeness (QED) is 0.164. The monoisotopic (exact) mass is 637 g/mol. The van der Waals surface area contributed by atoms with Crippen LogP contribution in [0.3, 0.4) is 0 Å². The predicted molar refractivity (Wildman–Crippen MR) is 145 cm³/mol. The highest BCUT2D eigenvalue weighted by atomic mass is 127. The molecule has 2 N–H and O–H groups in total. The Balaban J connectivity index is 1.63. The van der Waals surface area contributed by atoms with Gasteiger partial charge < -0.3 is 10.6 Å². The van der Waals surface area contributed by atoms with Gasteiger partial charge in [0.25, 0.3) is 0 Å². The van der Waals surface area contributed by atoms with E-state index in [2.05, 4.69) is 38.2 Å². The summed E-state index contributed by atoms with van der Waals surface area (Å²) in [5.74, 6) is -0.0350.